The smallest absolute Gasteiger partial charge is 0.248 e. The summed E-state index contributed by atoms with van der Waals surface area (Å²) in [5.74, 6) is -0.112. The number of amides is 1. The molecule has 0 fully saturated rings. The Morgan fingerprint density at radius 2 is 1.41 bits per heavy atom. The van der Waals surface area contributed by atoms with Crippen molar-refractivity contribution in [2.75, 3.05) is 10.6 Å². The Morgan fingerprint density at radius 3 is 2.00 bits per heavy atom. The summed E-state index contributed by atoms with van der Waals surface area (Å²) in [5.41, 5.74) is 2.80. The van der Waals surface area contributed by atoms with E-state index < -0.39 is 0 Å². The topological polar surface area (TPSA) is 41.1 Å². The molecule has 0 saturated heterocycles. The SMILES string of the molecule is CC(C)(C)C=CC(=O)Nc1ccc(Nc2ccccc2)cc1. The number of para-hydroxylation sites is 1. The van der Waals surface area contributed by atoms with Crippen LogP contribution < -0.4 is 10.6 Å². The number of allylic oxidation sites excluding steroid dienone is 1. The molecular weight excluding hydrogens is 272 g/mol. The van der Waals surface area contributed by atoms with Gasteiger partial charge in [-0.3, -0.25) is 4.79 Å². The molecule has 0 atom stereocenters. The molecule has 0 unspecified atom stereocenters. The summed E-state index contributed by atoms with van der Waals surface area (Å²) in [4.78, 5) is 11.8. The summed E-state index contributed by atoms with van der Waals surface area (Å²) in [6.45, 7) is 6.17. The Kier molecular flexibility index (Phi) is 4.99. The van der Waals surface area contributed by atoms with Gasteiger partial charge in [-0.05, 0) is 47.9 Å². The molecule has 0 spiro atoms. The molecule has 2 aromatic rings. The molecule has 0 aliphatic heterocycles. The summed E-state index contributed by atoms with van der Waals surface area (Å²) in [6, 6.07) is 17.6. The van der Waals surface area contributed by atoms with Gasteiger partial charge >= 0.3 is 0 Å². The van der Waals surface area contributed by atoms with Gasteiger partial charge in [0.15, 0.2) is 0 Å². The molecule has 3 heteroatoms. The van der Waals surface area contributed by atoms with Crippen molar-refractivity contribution in [1.82, 2.24) is 0 Å². The molecule has 0 radical (unpaired) electrons. The van der Waals surface area contributed by atoms with Crippen molar-refractivity contribution < 1.29 is 4.79 Å². The normalized spacial score (nSPS) is 11.4. The monoisotopic (exact) mass is 294 g/mol. The van der Waals surface area contributed by atoms with E-state index in [0.29, 0.717) is 0 Å². The predicted octanol–water partition coefficient (Wildman–Crippen LogP) is 4.97. The van der Waals surface area contributed by atoms with Gasteiger partial charge in [0.25, 0.3) is 0 Å². The summed E-state index contributed by atoms with van der Waals surface area (Å²) in [7, 11) is 0. The summed E-state index contributed by atoms with van der Waals surface area (Å²) in [5, 5.41) is 6.15. The molecule has 3 nitrogen and oxygen atoms in total. The van der Waals surface area contributed by atoms with Gasteiger partial charge in [-0.1, -0.05) is 45.0 Å². The summed E-state index contributed by atoms with van der Waals surface area (Å²) < 4.78 is 0. The highest BCUT2D eigenvalue weighted by atomic mass is 16.1. The van der Waals surface area contributed by atoms with Crippen molar-refractivity contribution in [2.45, 2.75) is 20.8 Å². The zero-order valence-electron chi connectivity index (χ0n) is 13.3. The molecule has 0 bridgehead atoms. The second kappa shape index (κ2) is 6.94. The highest BCUT2D eigenvalue weighted by Crippen LogP contribution is 2.19. The fraction of sp³-hybridized carbons (Fsp3) is 0.211. The maximum Gasteiger partial charge on any atom is 0.248 e. The fourth-order valence-electron chi connectivity index (χ4n) is 1.83. The van der Waals surface area contributed by atoms with Crippen molar-refractivity contribution in [3.63, 3.8) is 0 Å². The van der Waals surface area contributed by atoms with Crippen LogP contribution in [-0.4, -0.2) is 5.91 Å². The molecule has 0 aromatic heterocycles. The average molecular weight is 294 g/mol. The molecule has 0 saturated carbocycles. The van der Waals surface area contributed by atoms with Crippen LogP contribution in [0.3, 0.4) is 0 Å². The first-order valence-electron chi connectivity index (χ1n) is 7.35. The first kappa shape index (κ1) is 15.8. The van der Waals surface area contributed by atoms with E-state index in [1.54, 1.807) is 6.08 Å². The number of carbonyl (C=O) groups is 1. The van der Waals surface area contributed by atoms with Crippen LogP contribution in [0, 0.1) is 5.41 Å². The number of hydrogen-bond donors (Lipinski definition) is 2. The second-order valence-corrected chi connectivity index (χ2v) is 6.26. The third-order valence-corrected chi connectivity index (χ3v) is 2.95. The lowest BCUT2D eigenvalue weighted by atomic mass is 9.96. The van der Waals surface area contributed by atoms with Crippen LogP contribution in [0.15, 0.2) is 66.7 Å². The Hall–Kier alpha value is -2.55. The summed E-state index contributed by atoms with van der Waals surface area (Å²) in [6.07, 6.45) is 3.48. The number of rotatable bonds is 4. The average Bonchev–Trinajstić information content (AvgIpc) is 2.48. The Labute approximate surface area is 132 Å². The lowest BCUT2D eigenvalue weighted by molar-refractivity contribution is -0.112. The Bertz CT molecular complexity index is 637. The van der Waals surface area contributed by atoms with Gasteiger partial charge in [-0.15, -0.1) is 0 Å². The van der Waals surface area contributed by atoms with E-state index in [2.05, 4.69) is 31.4 Å². The van der Waals surface area contributed by atoms with E-state index in [9.17, 15) is 4.79 Å². The maximum absolute atomic E-state index is 11.8. The van der Waals surface area contributed by atoms with Gasteiger partial charge in [0.1, 0.15) is 0 Å². The van der Waals surface area contributed by atoms with Crippen LogP contribution in [0.1, 0.15) is 20.8 Å². The van der Waals surface area contributed by atoms with Crippen LogP contribution in [-0.2, 0) is 4.79 Å². The van der Waals surface area contributed by atoms with Gasteiger partial charge in [0.05, 0.1) is 0 Å². The van der Waals surface area contributed by atoms with Crippen LogP contribution in [0.25, 0.3) is 0 Å². The third-order valence-electron chi connectivity index (χ3n) is 2.95. The van der Waals surface area contributed by atoms with E-state index in [1.807, 2.05) is 60.7 Å². The first-order valence-corrected chi connectivity index (χ1v) is 7.35. The van der Waals surface area contributed by atoms with Crippen LogP contribution in [0.2, 0.25) is 0 Å². The Balaban J connectivity index is 1.95. The number of anilines is 3. The standard InChI is InChI=1S/C19H22N2O/c1-19(2,3)14-13-18(22)21-17-11-9-16(10-12-17)20-15-7-5-4-6-8-15/h4-14,20H,1-3H3,(H,21,22). The third kappa shape index (κ3) is 5.44. The number of benzene rings is 2. The second-order valence-electron chi connectivity index (χ2n) is 6.26. The van der Waals surface area contributed by atoms with Crippen LogP contribution in [0.4, 0.5) is 17.1 Å². The zero-order chi connectivity index (χ0) is 16.0. The molecule has 0 aliphatic rings. The quantitative estimate of drug-likeness (QED) is 0.782. The number of hydrogen-bond acceptors (Lipinski definition) is 2. The minimum absolute atomic E-state index is 0.000795. The van der Waals surface area contributed by atoms with E-state index in [1.165, 1.54) is 0 Å². The molecule has 2 N–H and O–H groups in total. The molecule has 1 amide bonds. The molecule has 2 rings (SSSR count). The molecule has 2 aromatic carbocycles. The Morgan fingerprint density at radius 1 is 0.864 bits per heavy atom. The zero-order valence-corrected chi connectivity index (χ0v) is 13.3. The van der Waals surface area contributed by atoms with Gasteiger partial charge in [0.2, 0.25) is 5.91 Å². The van der Waals surface area contributed by atoms with Gasteiger partial charge in [0, 0.05) is 17.1 Å². The van der Waals surface area contributed by atoms with Crippen molar-refractivity contribution in [3.05, 3.63) is 66.7 Å². The highest BCUT2D eigenvalue weighted by Gasteiger charge is 2.05. The number of carbonyl (C=O) groups excluding carboxylic acids is 1. The largest absolute Gasteiger partial charge is 0.356 e. The molecule has 0 aliphatic carbocycles. The van der Waals surface area contributed by atoms with Crippen molar-refractivity contribution in [3.8, 4) is 0 Å². The van der Waals surface area contributed by atoms with Crippen molar-refractivity contribution in [1.29, 1.82) is 0 Å². The number of nitrogens with one attached hydrogen (secondary N) is 2. The van der Waals surface area contributed by atoms with E-state index in [4.69, 9.17) is 0 Å². The highest BCUT2D eigenvalue weighted by molar-refractivity contribution is 5.99. The van der Waals surface area contributed by atoms with Gasteiger partial charge in [-0.25, -0.2) is 0 Å². The minimum Gasteiger partial charge on any atom is -0.356 e. The van der Waals surface area contributed by atoms with Crippen LogP contribution in [0.5, 0.6) is 0 Å². The maximum atomic E-state index is 11.8. The molecule has 0 heterocycles. The summed E-state index contributed by atoms with van der Waals surface area (Å²) >= 11 is 0. The fourth-order valence-corrected chi connectivity index (χ4v) is 1.83. The minimum atomic E-state index is -0.112. The first-order chi connectivity index (χ1) is 10.4. The predicted molar refractivity (Wildman–Crippen MR) is 93.4 cm³/mol. The van der Waals surface area contributed by atoms with E-state index >= 15 is 0 Å². The van der Waals surface area contributed by atoms with E-state index in [-0.39, 0.29) is 11.3 Å². The molecule has 22 heavy (non-hydrogen) atoms. The lowest BCUT2D eigenvalue weighted by Gasteiger charge is -2.11. The lowest BCUT2D eigenvalue weighted by Crippen LogP contribution is -2.09. The van der Waals surface area contributed by atoms with Gasteiger partial charge in [-0.2, -0.15) is 0 Å². The van der Waals surface area contributed by atoms with E-state index in [0.717, 1.165) is 17.1 Å². The van der Waals surface area contributed by atoms with Crippen LogP contribution >= 0.6 is 0 Å². The van der Waals surface area contributed by atoms with Crippen molar-refractivity contribution in [2.24, 2.45) is 5.41 Å². The molecule has 114 valence electrons. The van der Waals surface area contributed by atoms with Crippen molar-refractivity contribution >= 4 is 23.0 Å². The van der Waals surface area contributed by atoms with Gasteiger partial charge < -0.3 is 10.6 Å². The molecular formula is C19H22N2O.